The standard InChI is InChI=1S/C11H21Br/c1-3-5-8-11(4-2)9-6-7-10-12/h6-7,11H,3-5,8-10H2,1-2H3. The smallest absolute Gasteiger partial charge is 0.0212 e. The molecular weight excluding hydrogens is 212 g/mol. The number of allylic oxidation sites excluding steroid dienone is 2. The third-order valence-corrected chi connectivity index (χ3v) is 2.64. The van der Waals surface area contributed by atoms with Gasteiger partial charge in [0, 0.05) is 5.33 Å². The Kier molecular flexibility index (Phi) is 9.48. The van der Waals surface area contributed by atoms with Crippen molar-refractivity contribution < 1.29 is 0 Å². The zero-order valence-corrected chi connectivity index (χ0v) is 9.94. The van der Waals surface area contributed by atoms with Crippen molar-refractivity contribution in [3.05, 3.63) is 12.2 Å². The van der Waals surface area contributed by atoms with Gasteiger partial charge < -0.3 is 0 Å². The lowest BCUT2D eigenvalue weighted by molar-refractivity contribution is 0.456. The topological polar surface area (TPSA) is 0 Å². The number of alkyl halides is 1. The Hall–Kier alpha value is 0.220. The average Bonchev–Trinajstić information content (AvgIpc) is 2.11. The molecule has 1 unspecified atom stereocenters. The van der Waals surface area contributed by atoms with Gasteiger partial charge in [0.2, 0.25) is 0 Å². The highest BCUT2D eigenvalue weighted by Crippen LogP contribution is 2.16. The summed E-state index contributed by atoms with van der Waals surface area (Å²) >= 11 is 3.39. The van der Waals surface area contributed by atoms with E-state index in [1.165, 1.54) is 32.1 Å². The highest BCUT2D eigenvalue weighted by Gasteiger charge is 2.02. The molecule has 0 aromatic carbocycles. The lowest BCUT2D eigenvalue weighted by atomic mass is 9.96. The number of rotatable bonds is 7. The van der Waals surface area contributed by atoms with Crippen LogP contribution in [0, 0.1) is 5.92 Å². The molecule has 0 N–H and O–H groups in total. The second-order valence-corrected chi connectivity index (χ2v) is 3.93. The number of hydrogen-bond acceptors (Lipinski definition) is 0. The van der Waals surface area contributed by atoms with E-state index in [0.717, 1.165) is 11.2 Å². The summed E-state index contributed by atoms with van der Waals surface area (Å²) in [6.07, 6.45) is 11.2. The molecule has 0 aromatic rings. The summed E-state index contributed by atoms with van der Waals surface area (Å²) in [5.41, 5.74) is 0. The number of hydrogen-bond donors (Lipinski definition) is 0. The Bertz CT molecular complexity index is 108. The molecule has 0 aliphatic carbocycles. The average molecular weight is 233 g/mol. The number of unbranched alkanes of at least 4 members (excludes halogenated alkanes) is 1. The molecular formula is C11H21Br. The quantitative estimate of drug-likeness (QED) is 0.447. The molecule has 0 aromatic heterocycles. The number of halogens is 1. The van der Waals surface area contributed by atoms with Crippen LogP contribution in [0.15, 0.2) is 12.2 Å². The molecule has 0 saturated heterocycles. The Morgan fingerprint density at radius 1 is 1.25 bits per heavy atom. The van der Waals surface area contributed by atoms with Crippen molar-refractivity contribution in [2.24, 2.45) is 5.92 Å². The summed E-state index contributed by atoms with van der Waals surface area (Å²) < 4.78 is 0. The predicted octanol–water partition coefficient (Wildman–Crippen LogP) is 4.54. The first-order chi connectivity index (χ1) is 5.85. The molecule has 0 heterocycles. The van der Waals surface area contributed by atoms with Crippen LogP contribution in [0.2, 0.25) is 0 Å². The molecule has 0 spiro atoms. The largest absolute Gasteiger partial charge is 0.0883 e. The van der Waals surface area contributed by atoms with Crippen LogP contribution in [0.3, 0.4) is 0 Å². The molecule has 0 nitrogen and oxygen atoms in total. The molecule has 0 amide bonds. The fraction of sp³-hybridized carbons (Fsp3) is 0.818. The summed E-state index contributed by atoms with van der Waals surface area (Å²) in [4.78, 5) is 0. The normalized spacial score (nSPS) is 13.9. The molecule has 0 rings (SSSR count). The van der Waals surface area contributed by atoms with Crippen molar-refractivity contribution in [1.82, 2.24) is 0 Å². The molecule has 1 atom stereocenters. The maximum atomic E-state index is 3.39. The molecule has 1 heteroatoms. The minimum atomic E-state index is 0.917. The van der Waals surface area contributed by atoms with Gasteiger partial charge in [0.05, 0.1) is 0 Å². The van der Waals surface area contributed by atoms with Gasteiger partial charge in [-0.25, -0.2) is 0 Å². The Labute approximate surface area is 85.6 Å². The summed E-state index contributed by atoms with van der Waals surface area (Å²) in [5, 5.41) is 0.997. The molecule has 72 valence electrons. The van der Waals surface area contributed by atoms with E-state index in [2.05, 4.69) is 41.9 Å². The van der Waals surface area contributed by atoms with E-state index in [0.29, 0.717) is 0 Å². The molecule has 12 heavy (non-hydrogen) atoms. The Morgan fingerprint density at radius 2 is 2.00 bits per heavy atom. The Balaban J connectivity index is 3.45. The van der Waals surface area contributed by atoms with E-state index < -0.39 is 0 Å². The van der Waals surface area contributed by atoms with E-state index in [-0.39, 0.29) is 0 Å². The first kappa shape index (κ1) is 12.2. The minimum Gasteiger partial charge on any atom is -0.0883 e. The summed E-state index contributed by atoms with van der Waals surface area (Å²) in [5.74, 6) is 0.917. The highest BCUT2D eigenvalue weighted by molar-refractivity contribution is 9.09. The second-order valence-electron chi connectivity index (χ2n) is 3.28. The van der Waals surface area contributed by atoms with E-state index >= 15 is 0 Å². The Morgan fingerprint density at radius 3 is 2.50 bits per heavy atom. The van der Waals surface area contributed by atoms with Gasteiger partial charge in [-0.3, -0.25) is 0 Å². The van der Waals surface area contributed by atoms with Gasteiger partial charge in [0.1, 0.15) is 0 Å². The molecule has 0 fully saturated rings. The lowest BCUT2D eigenvalue weighted by Crippen LogP contribution is -1.96. The van der Waals surface area contributed by atoms with Gasteiger partial charge in [0.15, 0.2) is 0 Å². The van der Waals surface area contributed by atoms with Crippen LogP contribution in [0.4, 0.5) is 0 Å². The van der Waals surface area contributed by atoms with Crippen LogP contribution in [-0.2, 0) is 0 Å². The van der Waals surface area contributed by atoms with Crippen LogP contribution in [0.25, 0.3) is 0 Å². The van der Waals surface area contributed by atoms with Gasteiger partial charge >= 0.3 is 0 Å². The van der Waals surface area contributed by atoms with Crippen molar-refractivity contribution in [3.63, 3.8) is 0 Å². The summed E-state index contributed by atoms with van der Waals surface area (Å²) in [7, 11) is 0. The van der Waals surface area contributed by atoms with Crippen LogP contribution < -0.4 is 0 Å². The fourth-order valence-electron chi connectivity index (χ4n) is 1.33. The zero-order chi connectivity index (χ0) is 9.23. The molecule has 0 bridgehead atoms. The van der Waals surface area contributed by atoms with Gasteiger partial charge in [-0.15, -0.1) is 0 Å². The van der Waals surface area contributed by atoms with Crippen molar-refractivity contribution in [2.45, 2.75) is 46.0 Å². The van der Waals surface area contributed by atoms with Crippen LogP contribution in [0.5, 0.6) is 0 Å². The molecule has 0 aliphatic rings. The first-order valence-corrected chi connectivity index (χ1v) is 6.18. The van der Waals surface area contributed by atoms with Crippen molar-refractivity contribution in [1.29, 1.82) is 0 Å². The minimum absolute atomic E-state index is 0.917. The fourth-order valence-corrected chi connectivity index (χ4v) is 1.60. The summed E-state index contributed by atoms with van der Waals surface area (Å²) in [6, 6.07) is 0. The van der Waals surface area contributed by atoms with E-state index in [4.69, 9.17) is 0 Å². The summed E-state index contributed by atoms with van der Waals surface area (Å²) in [6.45, 7) is 4.56. The van der Waals surface area contributed by atoms with Gasteiger partial charge in [0.25, 0.3) is 0 Å². The SMILES string of the molecule is CCCCC(CC)CC=CCBr. The van der Waals surface area contributed by atoms with Crippen LogP contribution in [-0.4, -0.2) is 5.33 Å². The zero-order valence-electron chi connectivity index (χ0n) is 8.35. The third-order valence-electron chi connectivity index (χ3n) is 2.27. The highest BCUT2D eigenvalue weighted by atomic mass is 79.9. The maximum absolute atomic E-state index is 3.39. The first-order valence-electron chi connectivity index (χ1n) is 5.06. The maximum Gasteiger partial charge on any atom is 0.0212 e. The molecule has 0 saturated carbocycles. The van der Waals surface area contributed by atoms with E-state index in [1.54, 1.807) is 0 Å². The molecule has 0 aliphatic heterocycles. The predicted molar refractivity (Wildman–Crippen MR) is 60.9 cm³/mol. The van der Waals surface area contributed by atoms with Crippen molar-refractivity contribution >= 4 is 15.9 Å². The van der Waals surface area contributed by atoms with Crippen LogP contribution >= 0.6 is 15.9 Å². The second kappa shape index (κ2) is 9.31. The van der Waals surface area contributed by atoms with Crippen LogP contribution in [0.1, 0.15) is 46.0 Å². The van der Waals surface area contributed by atoms with E-state index in [9.17, 15) is 0 Å². The van der Waals surface area contributed by atoms with Gasteiger partial charge in [-0.05, 0) is 12.3 Å². The monoisotopic (exact) mass is 232 g/mol. The third kappa shape index (κ3) is 6.90. The van der Waals surface area contributed by atoms with Gasteiger partial charge in [-0.1, -0.05) is 67.6 Å². The molecule has 0 radical (unpaired) electrons. The van der Waals surface area contributed by atoms with Gasteiger partial charge in [-0.2, -0.15) is 0 Å². The van der Waals surface area contributed by atoms with Crippen molar-refractivity contribution in [2.75, 3.05) is 5.33 Å². The van der Waals surface area contributed by atoms with E-state index in [1.807, 2.05) is 0 Å². The van der Waals surface area contributed by atoms with Crippen molar-refractivity contribution in [3.8, 4) is 0 Å². The lowest BCUT2D eigenvalue weighted by Gasteiger charge is -2.10.